The van der Waals surface area contributed by atoms with E-state index in [-0.39, 0.29) is 34.9 Å². The van der Waals surface area contributed by atoms with Crippen LogP contribution in [-0.2, 0) is 0 Å². The number of carboxylic acids is 1. The molecule has 0 atom stereocenters. The van der Waals surface area contributed by atoms with Crippen molar-refractivity contribution in [2.24, 2.45) is 5.41 Å². The van der Waals surface area contributed by atoms with Crippen molar-refractivity contribution in [2.45, 2.75) is 19.3 Å². The van der Waals surface area contributed by atoms with E-state index in [1.807, 2.05) is 0 Å². The lowest BCUT2D eigenvalue weighted by atomic mass is 9.69. The molecule has 0 aliphatic heterocycles. The number of anilines is 1. The second-order valence-corrected chi connectivity index (χ2v) is 6.73. The van der Waals surface area contributed by atoms with Crippen molar-refractivity contribution >= 4 is 11.8 Å². The van der Waals surface area contributed by atoms with Crippen LogP contribution in [0.4, 0.5) is 10.2 Å². The molecule has 0 spiro atoms. The van der Waals surface area contributed by atoms with Gasteiger partial charge in [0, 0.05) is 24.6 Å². The van der Waals surface area contributed by atoms with E-state index in [2.05, 4.69) is 5.16 Å². The summed E-state index contributed by atoms with van der Waals surface area (Å²) in [5.41, 5.74) is 0.0183. The van der Waals surface area contributed by atoms with Gasteiger partial charge in [-0.1, -0.05) is 11.6 Å². The minimum atomic E-state index is -1.20. The van der Waals surface area contributed by atoms with E-state index >= 15 is 0 Å². The molecule has 3 rings (SSSR count). The zero-order valence-electron chi connectivity index (χ0n) is 14.7. The lowest BCUT2D eigenvalue weighted by Crippen LogP contribution is -2.44. The number of nitrogens with zero attached hydrogens (tertiary/aromatic N) is 2. The minimum absolute atomic E-state index is 0.0150. The van der Waals surface area contributed by atoms with Crippen molar-refractivity contribution in [1.82, 2.24) is 5.16 Å². The number of halogens is 1. The summed E-state index contributed by atoms with van der Waals surface area (Å²) in [5.74, 6) is -1.56. The number of hydrogen-bond donors (Lipinski definition) is 2. The molecule has 1 saturated carbocycles. The predicted molar refractivity (Wildman–Crippen MR) is 92.0 cm³/mol. The topological polar surface area (TPSA) is 96.0 Å². The molecule has 0 saturated heterocycles. The van der Waals surface area contributed by atoms with Gasteiger partial charge in [0.1, 0.15) is 0 Å². The van der Waals surface area contributed by atoms with Crippen molar-refractivity contribution in [3.8, 4) is 17.1 Å². The predicted octanol–water partition coefficient (Wildman–Crippen LogP) is 2.79. The third-order valence-electron chi connectivity index (χ3n) is 4.99. The van der Waals surface area contributed by atoms with Crippen molar-refractivity contribution in [2.75, 3.05) is 32.2 Å². The molecular weight excluding hydrogens is 343 g/mol. The molecule has 140 valence electrons. The van der Waals surface area contributed by atoms with E-state index in [9.17, 15) is 19.4 Å². The summed E-state index contributed by atoms with van der Waals surface area (Å²) in [6.45, 7) is 0.516. The molecule has 1 aromatic carbocycles. The molecule has 8 heteroatoms. The first-order valence-electron chi connectivity index (χ1n) is 8.29. The Morgan fingerprint density at radius 1 is 1.46 bits per heavy atom. The van der Waals surface area contributed by atoms with Crippen molar-refractivity contribution in [3.63, 3.8) is 0 Å². The van der Waals surface area contributed by atoms with E-state index in [1.165, 1.54) is 25.3 Å². The zero-order valence-corrected chi connectivity index (χ0v) is 14.7. The van der Waals surface area contributed by atoms with Crippen LogP contribution < -0.4 is 9.64 Å². The van der Waals surface area contributed by atoms with Gasteiger partial charge in [0.25, 0.3) is 0 Å². The van der Waals surface area contributed by atoms with Gasteiger partial charge in [-0.15, -0.1) is 0 Å². The van der Waals surface area contributed by atoms with Crippen LogP contribution in [0.15, 0.2) is 22.7 Å². The highest BCUT2D eigenvalue weighted by Crippen LogP contribution is 2.42. The van der Waals surface area contributed by atoms with Gasteiger partial charge in [0.05, 0.1) is 13.7 Å². The summed E-state index contributed by atoms with van der Waals surface area (Å²) in [6, 6.07) is 3.96. The summed E-state index contributed by atoms with van der Waals surface area (Å²) < 4.78 is 23.9. The number of benzene rings is 1. The summed E-state index contributed by atoms with van der Waals surface area (Å²) in [7, 11) is 3.04. The standard InChI is InChI=1S/C18H21FN2O5/c1-21(9-18(10-22)6-3-7-18)16-14(17(23)24)15(26-20-16)11-4-5-12(19)13(8-11)25-2/h4-5,8,22H,3,6-7,9-10H2,1-2H3,(H,23,24). The van der Waals surface area contributed by atoms with Gasteiger partial charge < -0.3 is 24.4 Å². The number of carboxylic acid groups (broad SMARTS) is 1. The summed E-state index contributed by atoms with van der Waals surface area (Å²) in [4.78, 5) is 13.5. The second kappa shape index (κ2) is 6.95. The molecule has 2 aromatic rings. The van der Waals surface area contributed by atoms with Gasteiger partial charge in [-0.25, -0.2) is 9.18 Å². The Labute approximate surface area is 150 Å². The third-order valence-corrected chi connectivity index (χ3v) is 4.99. The number of ether oxygens (including phenoxy) is 1. The van der Waals surface area contributed by atoms with Crippen LogP contribution in [0, 0.1) is 11.2 Å². The van der Waals surface area contributed by atoms with E-state index in [4.69, 9.17) is 9.26 Å². The Bertz CT molecular complexity index is 810. The average molecular weight is 364 g/mol. The first-order chi connectivity index (χ1) is 12.4. The SMILES string of the molecule is COc1cc(-c2onc(N(C)CC3(CO)CCC3)c2C(=O)O)ccc1F. The third kappa shape index (κ3) is 3.12. The molecule has 1 heterocycles. The summed E-state index contributed by atoms with van der Waals surface area (Å²) >= 11 is 0. The van der Waals surface area contributed by atoms with E-state index < -0.39 is 11.8 Å². The molecule has 0 amide bonds. The van der Waals surface area contributed by atoms with E-state index in [0.717, 1.165) is 19.3 Å². The Hall–Kier alpha value is -2.61. The van der Waals surface area contributed by atoms with Crippen LogP contribution in [0.25, 0.3) is 11.3 Å². The van der Waals surface area contributed by atoms with Gasteiger partial charge in [-0.3, -0.25) is 0 Å². The second-order valence-electron chi connectivity index (χ2n) is 6.73. The highest BCUT2D eigenvalue weighted by atomic mass is 19.1. The number of carbonyl (C=O) groups is 1. The average Bonchev–Trinajstić information content (AvgIpc) is 3.04. The number of rotatable bonds is 7. The normalized spacial score (nSPS) is 15.4. The van der Waals surface area contributed by atoms with Crippen LogP contribution in [0.2, 0.25) is 0 Å². The number of methoxy groups -OCH3 is 1. The maximum atomic E-state index is 13.6. The number of hydrogen-bond acceptors (Lipinski definition) is 6. The fourth-order valence-electron chi connectivity index (χ4n) is 3.35. The van der Waals surface area contributed by atoms with Crippen LogP contribution in [-0.4, -0.2) is 48.6 Å². The highest BCUT2D eigenvalue weighted by Gasteiger charge is 2.39. The first kappa shape index (κ1) is 18.2. The Morgan fingerprint density at radius 3 is 2.73 bits per heavy atom. The number of aromatic nitrogens is 1. The smallest absolute Gasteiger partial charge is 0.343 e. The van der Waals surface area contributed by atoms with Crippen molar-refractivity contribution < 1.29 is 28.7 Å². The van der Waals surface area contributed by atoms with Gasteiger partial charge in [-0.2, -0.15) is 0 Å². The largest absolute Gasteiger partial charge is 0.494 e. The van der Waals surface area contributed by atoms with Gasteiger partial charge in [-0.05, 0) is 31.0 Å². The monoisotopic (exact) mass is 364 g/mol. The van der Waals surface area contributed by atoms with Crippen LogP contribution in [0.1, 0.15) is 29.6 Å². The minimum Gasteiger partial charge on any atom is -0.494 e. The molecule has 1 aromatic heterocycles. The van der Waals surface area contributed by atoms with E-state index in [1.54, 1.807) is 11.9 Å². The number of aromatic carboxylic acids is 1. The molecule has 0 unspecified atom stereocenters. The fourth-order valence-corrected chi connectivity index (χ4v) is 3.35. The Kier molecular flexibility index (Phi) is 4.86. The Balaban J connectivity index is 1.97. The molecule has 26 heavy (non-hydrogen) atoms. The van der Waals surface area contributed by atoms with Crippen LogP contribution >= 0.6 is 0 Å². The fraction of sp³-hybridized carbons (Fsp3) is 0.444. The first-order valence-corrected chi connectivity index (χ1v) is 8.29. The molecule has 1 aliphatic rings. The maximum Gasteiger partial charge on any atom is 0.343 e. The number of aliphatic hydroxyl groups is 1. The van der Waals surface area contributed by atoms with Gasteiger partial charge in [0.15, 0.2) is 28.7 Å². The van der Waals surface area contributed by atoms with Crippen molar-refractivity contribution in [3.05, 3.63) is 29.6 Å². The molecule has 0 radical (unpaired) electrons. The lowest BCUT2D eigenvalue weighted by molar-refractivity contribution is 0.0521. The molecule has 1 aliphatic carbocycles. The van der Waals surface area contributed by atoms with Crippen molar-refractivity contribution in [1.29, 1.82) is 0 Å². The molecule has 7 nitrogen and oxygen atoms in total. The van der Waals surface area contributed by atoms with E-state index in [0.29, 0.717) is 12.1 Å². The van der Waals surface area contributed by atoms with Gasteiger partial charge >= 0.3 is 5.97 Å². The summed E-state index contributed by atoms with van der Waals surface area (Å²) in [6.07, 6.45) is 2.81. The highest BCUT2D eigenvalue weighted by molar-refractivity contribution is 5.99. The molecular formula is C18H21FN2O5. The Morgan fingerprint density at radius 2 is 2.19 bits per heavy atom. The van der Waals surface area contributed by atoms with Crippen LogP contribution in [0.3, 0.4) is 0 Å². The zero-order chi connectivity index (χ0) is 18.9. The number of aliphatic hydroxyl groups excluding tert-OH is 1. The van der Waals surface area contributed by atoms with Gasteiger partial charge in [0.2, 0.25) is 0 Å². The maximum absolute atomic E-state index is 13.6. The quantitative estimate of drug-likeness (QED) is 0.780. The molecule has 1 fully saturated rings. The van der Waals surface area contributed by atoms with Crippen LogP contribution in [0.5, 0.6) is 5.75 Å². The molecule has 2 N–H and O–H groups in total. The molecule has 0 bridgehead atoms. The summed E-state index contributed by atoms with van der Waals surface area (Å²) in [5, 5.41) is 23.2. The lowest BCUT2D eigenvalue weighted by Gasteiger charge is -2.42.